The number of amidine groups is 1. The van der Waals surface area contributed by atoms with Crippen molar-refractivity contribution in [3.05, 3.63) is 29.3 Å². The van der Waals surface area contributed by atoms with E-state index in [4.69, 9.17) is 15.7 Å². The minimum Gasteiger partial charge on any atom is -0.496 e. The average molecular weight is 295 g/mol. The Kier molecular flexibility index (Phi) is 5.14. The number of thioether (sulfide) groups is 1. The van der Waals surface area contributed by atoms with Gasteiger partial charge in [0, 0.05) is 30.6 Å². The first-order valence-electron chi connectivity index (χ1n) is 6.62. The van der Waals surface area contributed by atoms with E-state index in [-0.39, 0.29) is 5.84 Å². The summed E-state index contributed by atoms with van der Waals surface area (Å²) in [7, 11) is 1.58. The second-order valence-corrected chi connectivity index (χ2v) is 6.06. The van der Waals surface area contributed by atoms with Crippen molar-refractivity contribution in [3.8, 4) is 5.75 Å². The molecule has 0 saturated carbocycles. The second-order valence-electron chi connectivity index (χ2n) is 4.91. The highest BCUT2D eigenvalue weighted by Crippen LogP contribution is 2.23. The van der Waals surface area contributed by atoms with Gasteiger partial charge in [0.05, 0.1) is 12.7 Å². The van der Waals surface area contributed by atoms with Gasteiger partial charge in [0.1, 0.15) is 5.75 Å². The van der Waals surface area contributed by atoms with Crippen LogP contribution in [0.5, 0.6) is 5.75 Å². The van der Waals surface area contributed by atoms with Crippen molar-refractivity contribution in [2.45, 2.75) is 19.5 Å². The number of nitrogens with two attached hydrogens (primary N) is 1. The molecule has 1 aliphatic rings. The van der Waals surface area contributed by atoms with Crippen molar-refractivity contribution in [2.75, 3.05) is 25.2 Å². The van der Waals surface area contributed by atoms with Crippen molar-refractivity contribution in [1.82, 2.24) is 4.90 Å². The zero-order valence-electron chi connectivity index (χ0n) is 11.9. The molecule has 1 saturated heterocycles. The van der Waals surface area contributed by atoms with Crippen LogP contribution in [0.3, 0.4) is 0 Å². The van der Waals surface area contributed by atoms with E-state index in [2.05, 4.69) is 17.0 Å². The molecule has 1 heterocycles. The summed E-state index contributed by atoms with van der Waals surface area (Å²) < 4.78 is 5.25. The Balaban J connectivity index is 2.20. The summed E-state index contributed by atoms with van der Waals surface area (Å²) in [5, 5.41) is 11.9. The van der Waals surface area contributed by atoms with Gasteiger partial charge in [-0.25, -0.2) is 0 Å². The van der Waals surface area contributed by atoms with Gasteiger partial charge in [-0.2, -0.15) is 11.8 Å². The van der Waals surface area contributed by atoms with E-state index in [1.165, 1.54) is 11.5 Å². The molecule has 3 N–H and O–H groups in total. The van der Waals surface area contributed by atoms with Crippen LogP contribution >= 0.6 is 11.8 Å². The Morgan fingerprint density at radius 2 is 2.40 bits per heavy atom. The first kappa shape index (κ1) is 15.0. The summed E-state index contributed by atoms with van der Waals surface area (Å²) in [4.78, 5) is 2.45. The van der Waals surface area contributed by atoms with Gasteiger partial charge in [0.25, 0.3) is 0 Å². The largest absolute Gasteiger partial charge is 0.496 e. The van der Waals surface area contributed by atoms with Gasteiger partial charge in [0.2, 0.25) is 0 Å². The Hall–Kier alpha value is -1.40. The molecule has 0 aromatic heterocycles. The van der Waals surface area contributed by atoms with Crippen molar-refractivity contribution in [1.29, 1.82) is 0 Å². The number of oxime groups is 1. The van der Waals surface area contributed by atoms with Crippen LogP contribution in [0.25, 0.3) is 0 Å². The lowest BCUT2D eigenvalue weighted by Gasteiger charge is -2.33. The van der Waals surface area contributed by atoms with E-state index >= 15 is 0 Å². The van der Waals surface area contributed by atoms with Crippen LogP contribution in [0, 0.1) is 0 Å². The molecule has 1 aromatic rings. The van der Waals surface area contributed by atoms with Crippen molar-refractivity contribution < 1.29 is 9.94 Å². The van der Waals surface area contributed by atoms with Gasteiger partial charge in [-0.1, -0.05) is 11.2 Å². The molecule has 0 radical (unpaired) electrons. The van der Waals surface area contributed by atoms with Gasteiger partial charge >= 0.3 is 0 Å². The van der Waals surface area contributed by atoms with E-state index in [1.807, 2.05) is 30.0 Å². The molecule has 6 heteroatoms. The van der Waals surface area contributed by atoms with Crippen LogP contribution in [-0.2, 0) is 6.54 Å². The minimum atomic E-state index is 0.0750. The van der Waals surface area contributed by atoms with Crippen LogP contribution in [0.4, 0.5) is 0 Å². The molecular weight excluding hydrogens is 274 g/mol. The molecule has 5 nitrogen and oxygen atoms in total. The van der Waals surface area contributed by atoms with Gasteiger partial charge < -0.3 is 15.7 Å². The van der Waals surface area contributed by atoms with Crippen LogP contribution in [0.1, 0.15) is 18.1 Å². The van der Waals surface area contributed by atoms with E-state index in [0.717, 1.165) is 18.7 Å². The first-order chi connectivity index (χ1) is 9.65. The number of ether oxygens (including phenoxy) is 1. The van der Waals surface area contributed by atoms with Crippen LogP contribution in [-0.4, -0.2) is 47.1 Å². The molecule has 1 aliphatic heterocycles. The third-order valence-corrected chi connectivity index (χ3v) is 4.73. The zero-order valence-corrected chi connectivity index (χ0v) is 12.7. The summed E-state index contributed by atoms with van der Waals surface area (Å²) in [6, 6.07) is 6.40. The predicted molar refractivity (Wildman–Crippen MR) is 82.7 cm³/mol. The molecule has 0 aliphatic carbocycles. The lowest BCUT2D eigenvalue weighted by Crippen LogP contribution is -2.39. The van der Waals surface area contributed by atoms with E-state index in [9.17, 15) is 0 Å². The Labute approximate surface area is 123 Å². The molecule has 0 spiro atoms. The van der Waals surface area contributed by atoms with Gasteiger partial charge in [-0.3, -0.25) is 4.90 Å². The fourth-order valence-corrected chi connectivity index (χ4v) is 3.42. The van der Waals surface area contributed by atoms with Crippen molar-refractivity contribution in [2.24, 2.45) is 10.9 Å². The number of hydrogen-bond acceptors (Lipinski definition) is 5. The Morgan fingerprint density at radius 3 is 3.05 bits per heavy atom. The zero-order chi connectivity index (χ0) is 14.5. The second kappa shape index (κ2) is 6.85. The lowest BCUT2D eigenvalue weighted by molar-refractivity contribution is 0.224. The van der Waals surface area contributed by atoms with Gasteiger partial charge in [0.15, 0.2) is 5.84 Å². The topological polar surface area (TPSA) is 71.1 Å². The smallest absolute Gasteiger partial charge is 0.173 e. The summed E-state index contributed by atoms with van der Waals surface area (Å²) in [5.41, 5.74) is 7.48. The third-order valence-electron chi connectivity index (χ3n) is 3.54. The molecular formula is C14H21N3O2S. The monoisotopic (exact) mass is 295 g/mol. The predicted octanol–water partition coefficient (Wildman–Crippen LogP) is 1.73. The van der Waals surface area contributed by atoms with Gasteiger partial charge in [-0.15, -0.1) is 0 Å². The molecule has 1 unspecified atom stereocenters. The fraction of sp³-hybridized carbons (Fsp3) is 0.500. The average Bonchev–Trinajstić information content (AvgIpc) is 2.48. The van der Waals surface area contributed by atoms with Crippen LogP contribution < -0.4 is 10.5 Å². The Morgan fingerprint density at radius 1 is 1.60 bits per heavy atom. The quantitative estimate of drug-likeness (QED) is 0.383. The Bertz CT molecular complexity index is 493. The number of rotatable bonds is 4. The maximum Gasteiger partial charge on any atom is 0.173 e. The van der Waals surface area contributed by atoms with E-state index < -0.39 is 0 Å². The normalized spacial score (nSPS) is 20.9. The van der Waals surface area contributed by atoms with Crippen molar-refractivity contribution in [3.63, 3.8) is 0 Å². The van der Waals surface area contributed by atoms with Gasteiger partial charge in [-0.05, 0) is 24.6 Å². The number of methoxy groups -OCH3 is 1. The highest BCUT2D eigenvalue weighted by molar-refractivity contribution is 7.99. The molecule has 1 fully saturated rings. The summed E-state index contributed by atoms with van der Waals surface area (Å²) in [5.74, 6) is 3.04. The number of benzene rings is 1. The first-order valence-corrected chi connectivity index (χ1v) is 7.77. The molecule has 0 amide bonds. The number of nitrogens with zero attached hydrogens (tertiary/aromatic N) is 2. The molecule has 2 rings (SSSR count). The van der Waals surface area contributed by atoms with Crippen molar-refractivity contribution >= 4 is 17.6 Å². The van der Waals surface area contributed by atoms with E-state index in [1.54, 1.807) is 7.11 Å². The standard InChI is InChI=1S/C14H21N3O2S/c1-10-9-20-6-5-17(10)8-11-3-4-13(19-2)12(7-11)14(15)16-18/h3-4,7,10,18H,5-6,8-9H2,1-2H3,(H2,15,16). The molecule has 0 bridgehead atoms. The maximum absolute atomic E-state index is 8.86. The molecule has 20 heavy (non-hydrogen) atoms. The highest BCUT2D eigenvalue weighted by atomic mass is 32.2. The lowest BCUT2D eigenvalue weighted by atomic mass is 10.1. The molecule has 1 atom stereocenters. The number of hydrogen-bond donors (Lipinski definition) is 2. The molecule has 1 aromatic carbocycles. The fourth-order valence-electron chi connectivity index (χ4n) is 2.34. The SMILES string of the molecule is COc1ccc(CN2CCSCC2C)cc1C(N)=NO. The third kappa shape index (κ3) is 3.37. The maximum atomic E-state index is 8.86. The summed E-state index contributed by atoms with van der Waals surface area (Å²) in [6.45, 7) is 4.22. The van der Waals surface area contributed by atoms with Crippen LogP contribution in [0.15, 0.2) is 23.4 Å². The summed E-state index contributed by atoms with van der Waals surface area (Å²) in [6.07, 6.45) is 0. The van der Waals surface area contributed by atoms with E-state index in [0.29, 0.717) is 17.4 Å². The highest BCUT2D eigenvalue weighted by Gasteiger charge is 2.19. The molecule has 110 valence electrons. The van der Waals surface area contributed by atoms with Crippen LogP contribution in [0.2, 0.25) is 0 Å². The minimum absolute atomic E-state index is 0.0750. The summed E-state index contributed by atoms with van der Waals surface area (Å²) >= 11 is 2.00.